The van der Waals surface area contributed by atoms with Crippen LogP contribution in [0.2, 0.25) is 0 Å². The third-order valence-electron chi connectivity index (χ3n) is 3.54. The van der Waals surface area contributed by atoms with Crippen molar-refractivity contribution in [3.8, 4) is 0 Å². The molecular formula is C16H22N2O2. The number of piperidine rings is 1. The van der Waals surface area contributed by atoms with Crippen molar-refractivity contribution in [1.82, 2.24) is 4.90 Å². The molecule has 0 aliphatic carbocycles. The molecule has 1 aromatic carbocycles. The van der Waals surface area contributed by atoms with Crippen LogP contribution in [0.3, 0.4) is 0 Å². The zero-order chi connectivity index (χ0) is 14.5. The summed E-state index contributed by atoms with van der Waals surface area (Å²) in [4.78, 5) is 26.0. The van der Waals surface area contributed by atoms with Crippen LogP contribution >= 0.6 is 0 Å². The Labute approximate surface area is 120 Å². The molecule has 1 heterocycles. The fourth-order valence-corrected chi connectivity index (χ4v) is 2.30. The summed E-state index contributed by atoms with van der Waals surface area (Å²) in [6.07, 6.45) is 3.36. The SMILES string of the molecule is CC(C)C(=O)Nc1cccc(C(=O)N2CCCCC2)c1. The van der Waals surface area contributed by atoms with Gasteiger partial charge in [-0.05, 0) is 37.5 Å². The van der Waals surface area contributed by atoms with Gasteiger partial charge in [0, 0.05) is 30.3 Å². The summed E-state index contributed by atoms with van der Waals surface area (Å²) in [5.41, 5.74) is 1.33. The molecule has 0 bridgehead atoms. The minimum absolute atomic E-state index is 0.0347. The van der Waals surface area contributed by atoms with Gasteiger partial charge in [-0.2, -0.15) is 0 Å². The zero-order valence-corrected chi connectivity index (χ0v) is 12.2. The molecule has 1 aliphatic heterocycles. The summed E-state index contributed by atoms with van der Waals surface area (Å²) in [7, 11) is 0. The molecule has 0 saturated carbocycles. The van der Waals surface area contributed by atoms with Gasteiger partial charge in [0.05, 0.1) is 0 Å². The fraction of sp³-hybridized carbons (Fsp3) is 0.500. The van der Waals surface area contributed by atoms with E-state index in [1.165, 1.54) is 6.42 Å². The van der Waals surface area contributed by atoms with Crippen LogP contribution in [-0.4, -0.2) is 29.8 Å². The first kappa shape index (κ1) is 14.6. The highest BCUT2D eigenvalue weighted by molar-refractivity contribution is 5.97. The third-order valence-corrected chi connectivity index (χ3v) is 3.54. The summed E-state index contributed by atoms with van der Waals surface area (Å²) < 4.78 is 0. The predicted octanol–water partition coefficient (Wildman–Crippen LogP) is 2.91. The molecule has 1 aromatic rings. The maximum Gasteiger partial charge on any atom is 0.253 e. The van der Waals surface area contributed by atoms with E-state index in [2.05, 4.69) is 5.32 Å². The molecule has 1 N–H and O–H groups in total. The van der Waals surface area contributed by atoms with Gasteiger partial charge in [-0.15, -0.1) is 0 Å². The number of nitrogens with zero attached hydrogens (tertiary/aromatic N) is 1. The number of benzene rings is 1. The lowest BCUT2D eigenvalue weighted by molar-refractivity contribution is -0.118. The van der Waals surface area contributed by atoms with Gasteiger partial charge in [-0.1, -0.05) is 19.9 Å². The van der Waals surface area contributed by atoms with Crippen LogP contribution in [0.15, 0.2) is 24.3 Å². The van der Waals surface area contributed by atoms with Crippen molar-refractivity contribution < 1.29 is 9.59 Å². The molecular weight excluding hydrogens is 252 g/mol. The Morgan fingerprint density at radius 3 is 2.50 bits per heavy atom. The highest BCUT2D eigenvalue weighted by atomic mass is 16.2. The maximum atomic E-state index is 12.4. The molecule has 108 valence electrons. The number of carbonyl (C=O) groups excluding carboxylic acids is 2. The van der Waals surface area contributed by atoms with Crippen LogP contribution in [0.1, 0.15) is 43.5 Å². The summed E-state index contributed by atoms with van der Waals surface area (Å²) in [5, 5.41) is 2.83. The summed E-state index contributed by atoms with van der Waals surface area (Å²) in [5.74, 6) is -0.0469. The first-order valence-electron chi connectivity index (χ1n) is 7.28. The van der Waals surface area contributed by atoms with Crippen LogP contribution in [0.25, 0.3) is 0 Å². The van der Waals surface area contributed by atoms with E-state index in [0.717, 1.165) is 25.9 Å². The van der Waals surface area contributed by atoms with Crippen LogP contribution < -0.4 is 5.32 Å². The van der Waals surface area contributed by atoms with E-state index in [1.807, 2.05) is 36.9 Å². The summed E-state index contributed by atoms with van der Waals surface area (Å²) in [6.45, 7) is 5.36. The Bertz CT molecular complexity index is 491. The van der Waals surface area contributed by atoms with Crippen molar-refractivity contribution in [3.63, 3.8) is 0 Å². The normalized spacial score (nSPS) is 15.2. The van der Waals surface area contributed by atoms with Gasteiger partial charge in [-0.3, -0.25) is 9.59 Å². The van der Waals surface area contributed by atoms with E-state index >= 15 is 0 Å². The second kappa shape index (κ2) is 6.55. The highest BCUT2D eigenvalue weighted by Gasteiger charge is 2.18. The molecule has 1 saturated heterocycles. The molecule has 4 nitrogen and oxygen atoms in total. The third kappa shape index (κ3) is 3.59. The molecule has 0 aromatic heterocycles. The lowest BCUT2D eigenvalue weighted by atomic mass is 10.1. The Hall–Kier alpha value is -1.84. The predicted molar refractivity (Wildman–Crippen MR) is 79.7 cm³/mol. The second-order valence-corrected chi connectivity index (χ2v) is 5.58. The topological polar surface area (TPSA) is 49.4 Å². The molecule has 2 rings (SSSR count). The van der Waals surface area contributed by atoms with Gasteiger partial charge in [0.1, 0.15) is 0 Å². The number of hydrogen-bond donors (Lipinski definition) is 1. The Morgan fingerprint density at radius 2 is 1.85 bits per heavy atom. The van der Waals surface area contributed by atoms with E-state index in [0.29, 0.717) is 11.3 Å². The minimum atomic E-state index is -0.0727. The molecule has 0 radical (unpaired) electrons. The van der Waals surface area contributed by atoms with Gasteiger partial charge in [0.25, 0.3) is 5.91 Å². The largest absolute Gasteiger partial charge is 0.339 e. The fourth-order valence-electron chi connectivity index (χ4n) is 2.30. The number of amides is 2. The van der Waals surface area contributed by atoms with Crippen LogP contribution in [-0.2, 0) is 4.79 Å². The molecule has 1 fully saturated rings. The highest BCUT2D eigenvalue weighted by Crippen LogP contribution is 2.16. The first-order valence-corrected chi connectivity index (χ1v) is 7.28. The molecule has 1 aliphatic rings. The van der Waals surface area contributed by atoms with Gasteiger partial charge < -0.3 is 10.2 Å². The van der Waals surface area contributed by atoms with Crippen molar-refractivity contribution >= 4 is 17.5 Å². The second-order valence-electron chi connectivity index (χ2n) is 5.58. The number of hydrogen-bond acceptors (Lipinski definition) is 2. The number of likely N-dealkylation sites (tertiary alicyclic amines) is 1. The monoisotopic (exact) mass is 274 g/mol. The quantitative estimate of drug-likeness (QED) is 0.921. The molecule has 0 atom stereocenters. The van der Waals surface area contributed by atoms with Crippen molar-refractivity contribution in [3.05, 3.63) is 29.8 Å². The van der Waals surface area contributed by atoms with E-state index in [1.54, 1.807) is 6.07 Å². The molecule has 20 heavy (non-hydrogen) atoms. The van der Waals surface area contributed by atoms with Crippen molar-refractivity contribution in [2.24, 2.45) is 5.92 Å². The zero-order valence-electron chi connectivity index (χ0n) is 12.2. The lowest BCUT2D eigenvalue weighted by Gasteiger charge is -2.26. The van der Waals surface area contributed by atoms with Crippen LogP contribution in [0, 0.1) is 5.92 Å². The van der Waals surface area contributed by atoms with Crippen LogP contribution in [0.5, 0.6) is 0 Å². The summed E-state index contributed by atoms with van der Waals surface area (Å²) in [6, 6.07) is 7.19. The minimum Gasteiger partial charge on any atom is -0.339 e. The van der Waals surface area contributed by atoms with Crippen LogP contribution in [0.4, 0.5) is 5.69 Å². The number of anilines is 1. The van der Waals surface area contributed by atoms with Gasteiger partial charge in [0.2, 0.25) is 5.91 Å². The van der Waals surface area contributed by atoms with Gasteiger partial charge in [-0.25, -0.2) is 0 Å². The smallest absolute Gasteiger partial charge is 0.253 e. The Morgan fingerprint density at radius 1 is 1.15 bits per heavy atom. The van der Waals surface area contributed by atoms with Gasteiger partial charge in [0.15, 0.2) is 0 Å². The molecule has 0 unspecified atom stereocenters. The van der Waals surface area contributed by atoms with Crippen molar-refractivity contribution in [2.45, 2.75) is 33.1 Å². The van der Waals surface area contributed by atoms with E-state index in [-0.39, 0.29) is 17.7 Å². The number of nitrogens with one attached hydrogen (secondary N) is 1. The standard InChI is InChI=1S/C16H22N2O2/c1-12(2)15(19)17-14-8-6-7-13(11-14)16(20)18-9-4-3-5-10-18/h6-8,11-12H,3-5,9-10H2,1-2H3,(H,17,19). The Kier molecular flexibility index (Phi) is 4.77. The van der Waals surface area contributed by atoms with E-state index in [4.69, 9.17) is 0 Å². The van der Waals surface area contributed by atoms with Crippen molar-refractivity contribution in [2.75, 3.05) is 18.4 Å². The Balaban J connectivity index is 2.08. The average molecular weight is 274 g/mol. The summed E-state index contributed by atoms with van der Waals surface area (Å²) >= 11 is 0. The number of rotatable bonds is 3. The maximum absolute atomic E-state index is 12.4. The average Bonchev–Trinajstić information content (AvgIpc) is 2.47. The van der Waals surface area contributed by atoms with E-state index < -0.39 is 0 Å². The molecule has 2 amide bonds. The first-order chi connectivity index (χ1) is 9.58. The lowest BCUT2D eigenvalue weighted by Crippen LogP contribution is -2.35. The van der Waals surface area contributed by atoms with Crippen molar-refractivity contribution in [1.29, 1.82) is 0 Å². The molecule has 0 spiro atoms. The number of carbonyl (C=O) groups is 2. The molecule has 4 heteroatoms. The van der Waals surface area contributed by atoms with Gasteiger partial charge >= 0.3 is 0 Å². The van der Waals surface area contributed by atoms with E-state index in [9.17, 15) is 9.59 Å².